The van der Waals surface area contributed by atoms with Crippen molar-refractivity contribution in [3.05, 3.63) is 42.0 Å². The first-order valence-corrected chi connectivity index (χ1v) is 8.29. The molecule has 6 heteroatoms. The largest absolute Gasteiger partial charge is 0.480 e. The number of aryl methyl sites for hydroxylation is 1. The molecular formula is C19H26N2O4. The minimum absolute atomic E-state index is 0.0781. The zero-order chi connectivity index (χ0) is 19.0. The van der Waals surface area contributed by atoms with Gasteiger partial charge < -0.3 is 15.7 Å². The lowest BCUT2D eigenvalue weighted by molar-refractivity contribution is -0.139. The zero-order valence-electron chi connectivity index (χ0n) is 15.0. The van der Waals surface area contributed by atoms with E-state index in [2.05, 4.69) is 17.2 Å². The highest BCUT2D eigenvalue weighted by Crippen LogP contribution is 2.18. The first kappa shape index (κ1) is 20.4. The Balaban J connectivity index is 2.80. The molecule has 3 N–H and O–H groups in total. The van der Waals surface area contributed by atoms with Crippen LogP contribution < -0.4 is 10.6 Å². The number of nitrogens with one attached hydrogen (secondary N) is 2. The minimum Gasteiger partial charge on any atom is -0.480 e. The van der Waals surface area contributed by atoms with Gasteiger partial charge in [0, 0.05) is 17.7 Å². The van der Waals surface area contributed by atoms with E-state index in [4.69, 9.17) is 5.11 Å². The SMILES string of the molecule is C=CCCC(NC(=O)c1ccc(NC(=O)CC(C)C)c(C)c1)C(=O)O. The molecule has 136 valence electrons. The maximum Gasteiger partial charge on any atom is 0.326 e. The quantitative estimate of drug-likeness (QED) is 0.599. The summed E-state index contributed by atoms with van der Waals surface area (Å²) in [5.41, 5.74) is 1.73. The third-order valence-electron chi connectivity index (χ3n) is 3.62. The molecule has 0 aliphatic carbocycles. The number of benzene rings is 1. The summed E-state index contributed by atoms with van der Waals surface area (Å²) in [4.78, 5) is 35.3. The Morgan fingerprint density at radius 2 is 1.96 bits per heavy atom. The van der Waals surface area contributed by atoms with Crippen LogP contribution in [0, 0.1) is 12.8 Å². The van der Waals surface area contributed by atoms with E-state index in [0.717, 1.165) is 5.56 Å². The summed E-state index contributed by atoms with van der Waals surface area (Å²) in [6.45, 7) is 9.26. The molecule has 0 aromatic heterocycles. The van der Waals surface area contributed by atoms with Crippen LogP contribution in [0.15, 0.2) is 30.9 Å². The third-order valence-corrected chi connectivity index (χ3v) is 3.62. The Morgan fingerprint density at radius 1 is 1.28 bits per heavy atom. The van der Waals surface area contributed by atoms with Gasteiger partial charge in [-0.3, -0.25) is 9.59 Å². The van der Waals surface area contributed by atoms with Gasteiger partial charge in [-0.15, -0.1) is 6.58 Å². The van der Waals surface area contributed by atoms with Gasteiger partial charge in [0.1, 0.15) is 6.04 Å². The van der Waals surface area contributed by atoms with Crippen LogP contribution in [0.2, 0.25) is 0 Å². The lowest BCUT2D eigenvalue weighted by atomic mass is 10.1. The van der Waals surface area contributed by atoms with Gasteiger partial charge in [-0.05, 0) is 49.4 Å². The van der Waals surface area contributed by atoms with Crippen LogP contribution in [-0.2, 0) is 9.59 Å². The molecule has 0 bridgehead atoms. The molecule has 0 aliphatic heterocycles. The third kappa shape index (κ3) is 6.79. The monoisotopic (exact) mass is 346 g/mol. The molecule has 0 spiro atoms. The molecule has 1 aromatic rings. The smallest absolute Gasteiger partial charge is 0.326 e. The molecule has 1 rings (SSSR count). The van der Waals surface area contributed by atoms with E-state index in [1.54, 1.807) is 31.2 Å². The zero-order valence-corrected chi connectivity index (χ0v) is 15.0. The van der Waals surface area contributed by atoms with Gasteiger partial charge in [-0.1, -0.05) is 19.9 Å². The Labute approximate surface area is 148 Å². The van der Waals surface area contributed by atoms with Crippen LogP contribution in [0.5, 0.6) is 0 Å². The maximum absolute atomic E-state index is 12.3. The van der Waals surface area contributed by atoms with Gasteiger partial charge in [0.15, 0.2) is 0 Å². The number of amides is 2. The predicted octanol–water partition coefficient (Wildman–Crippen LogP) is 3.13. The average molecular weight is 346 g/mol. The van der Waals surface area contributed by atoms with Crippen molar-refractivity contribution in [2.75, 3.05) is 5.32 Å². The number of hydrogen-bond acceptors (Lipinski definition) is 3. The van der Waals surface area contributed by atoms with Gasteiger partial charge in [0.25, 0.3) is 5.91 Å². The first-order valence-electron chi connectivity index (χ1n) is 8.29. The van der Waals surface area contributed by atoms with Crippen LogP contribution in [0.25, 0.3) is 0 Å². The van der Waals surface area contributed by atoms with Crippen LogP contribution in [0.1, 0.15) is 49.0 Å². The number of aliphatic carboxylic acids is 1. The molecule has 25 heavy (non-hydrogen) atoms. The minimum atomic E-state index is -1.08. The Morgan fingerprint density at radius 3 is 2.48 bits per heavy atom. The van der Waals surface area contributed by atoms with Crippen molar-refractivity contribution >= 4 is 23.5 Å². The maximum atomic E-state index is 12.3. The lowest BCUT2D eigenvalue weighted by Crippen LogP contribution is -2.40. The number of carbonyl (C=O) groups is 3. The molecule has 1 unspecified atom stereocenters. The summed E-state index contributed by atoms with van der Waals surface area (Å²) >= 11 is 0. The molecule has 0 saturated heterocycles. The van der Waals surface area contributed by atoms with Crippen molar-refractivity contribution < 1.29 is 19.5 Å². The van der Waals surface area contributed by atoms with Crippen LogP contribution >= 0.6 is 0 Å². The summed E-state index contributed by atoms with van der Waals surface area (Å²) in [7, 11) is 0. The molecule has 0 radical (unpaired) electrons. The fourth-order valence-electron chi connectivity index (χ4n) is 2.30. The van der Waals surface area contributed by atoms with Crippen molar-refractivity contribution in [3.63, 3.8) is 0 Å². The van der Waals surface area contributed by atoms with E-state index in [1.165, 1.54) is 0 Å². The second-order valence-electron chi connectivity index (χ2n) is 6.41. The van der Waals surface area contributed by atoms with E-state index in [0.29, 0.717) is 24.1 Å². The molecule has 6 nitrogen and oxygen atoms in total. The van der Waals surface area contributed by atoms with Crippen molar-refractivity contribution in [2.24, 2.45) is 5.92 Å². The second kappa shape index (κ2) is 9.61. The van der Waals surface area contributed by atoms with E-state index in [9.17, 15) is 14.4 Å². The molecular weight excluding hydrogens is 320 g/mol. The average Bonchev–Trinajstić information content (AvgIpc) is 2.52. The van der Waals surface area contributed by atoms with Crippen molar-refractivity contribution in [1.29, 1.82) is 0 Å². The topological polar surface area (TPSA) is 95.5 Å². The van der Waals surface area contributed by atoms with E-state index in [1.807, 2.05) is 13.8 Å². The number of carboxylic acids is 1. The standard InChI is InChI=1S/C19H26N2O4/c1-5-6-7-16(19(24)25)21-18(23)14-8-9-15(13(4)11-14)20-17(22)10-12(2)3/h5,8-9,11-12,16H,1,6-7,10H2,2-4H3,(H,20,22)(H,21,23)(H,24,25). The van der Waals surface area contributed by atoms with Crippen molar-refractivity contribution in [3.8, 4) is 0 Å². The van der Waals surface area contributed by atoms with Crippen molar-refractivity contribution in [2.45, 2.75) is 46.1 Å². The summed E-state index contributed by atoms with van der Waals surface area (Å²) in [6, 6.07) is 3.89. The van der Waals surface area contributed by atoms with Gasteiger partial charge in [0.2, 0.25) is 5.91 Å². The van der Waals surface area contributed by atoms with E-state index < -0.39 is 17.9 Å². The fraction of sp³-hybridized carbons (Fsp3) is 0.421. The molecule has 0 saturated carbocycles. The van der Waals surface area contributed by atoms with Crippen LogP contribution in [-0.4, -0.2) is 28.9 Å². The second-order valence-corrected chi connectivity index (χ2v) is 6.41. The fourth-order valence-corrected chi connectivity index (χ4v) is 2.30. The molecule has 1 atom stereocenters. The van der Waals surface area contributed by atoms with Crippen LogP contribution in [0.4, 0.5) is 5.69 Å². The number of allylic oxidation sites excluding steroid dienone is 1. The van der Waals surface area contributed by atoms with Gasteiger partial charge in [-0.2, -0.15) is 0 Å². The molecule has 0 fully saturated rings. The van der Waals surface area contributed by atoms with Gasteiger partial charge in [0.05, 0.1) is 0 Å². The first-order chi connectivity index (χ1) is 11.7. The molecule has 0 heterocycles. The number of carbonyl (C=O) groups excluding carboxylic acids is 2. The molecule has 2 amide bonds. The number of rotatable bonds is 9. The Bertz CT molecular complexity index is 653. The summed E-state index contributed by atoms with van der Waals surface area (Å²) < 4.78 is 0. The van der Waals surface area contributed by atoms with Gasteiger partial charge in [-0.25, -0.2) is 4.79 Å². The Kier molecular flexibility index (Phi) is 7.85. The number of carboxylic acid groups (broad SMARTS) is 1. The molecule has 0 aliphatic rings. The highest BCUT2D eigenvalue weighted by Gasteiger charge is 2.20. The van der Waals surface area contributed by atoms with E-state index >= 15 is 0 Å². The number of hydrogen-bond donors (Lipinski definition) is 3. The normalized spacial score (nSPS) is 11.7. The molecule has 1 aromatic carbocycles. The van der Waals surface area contributed by atoms with E-state index in [-0.39, 0.29) is 18.2 Å². The lowest BCUT2D eigenvalue weighted by Gasteiger charge is -2.15. The highest BCUT2D eigenvalue weighted by atomic mass is 16.4. The summed E-state index contributed by atoms with van der Waals surface area (Å²) in [6.07, 6.45) is 2.82. The highest BCUT2D eigenvalue weighted by molar-refractivity contribution is 5.98. The Hall–Kier alpha value is -2.63. The van der Waals surface area contributed by atoms with Crippen molar-refractivity contribution in [1.82, 2.24) is 5.32 Å². The van der Waals surface area contributed by atoms with Crippen LogP contribution in [0.3, 0.4) is 0 Å². The van der Waals surface area contributed by atoms with Gasteiger partial charge >= 0.3 is 5.97 Å². The summed E-state index contributed by atoms with van der Waals surface area (Å²) in [5.74, 6) is -1.36. The summed E-state index contributed by atoms with van der Waals surface area (Å²) in [5, 5.41) is 14.5. The predicted molar refractivity (Wildman–Crippen MR) is 97.6 cm³/mol. The number of anilines is 1.